The van der Waals surface area contributed by atoms with Gasteiger partial charge in [-0.2, -0.15) is 0 Å². The lowest BCUT2D eigenvalue weighted by atomic mass is 10.0. The molecule has 1 aromatic rings. The zero-order valence-electron chi connectivity index (χ0n) is 7.81. The number of thioether (sulfide) groups is 1. The highest BCUT2D eigenvalue weighted by molar-refractivity contribution is 8.03. The van der Waals surface area contributed by atoms with Gasteiger partial charge >= 0.3 is 0 Å². The second-order valence-electron chi connectivity index (χ2n) is 3.51. The third kappa shape index (κ3) is 1.26. The predicted octanol–water partition coefficient (Wildman–Crippen LogP) is 3.06. The summed E-state index contributed by atoms with van der Waals surface area (Å²) in [6.45, 7) is 1.02. The van der Waals surface area contributed by atoms with Gasteiger partial charge in [-0.05, 0) is 17.2 Å². The molecule has 2 aliphatic rings. The fourth-order valence-corrected chi connectivity index (χ4v) is 2.71. The van der Waals surface area contributed by atoms with Gasteiger partial charge in [-0.25, -0.2) is 0 Å². The first-order valence-electron chi connectivity index (χ1n) is 4.79. The molecular formula is C12H11NS. The molecule has 0 radical (unpaired) electrons. The van der Waals surface area contributed by atoms with Gasteiger partial charge in [0, 0.05) is 18.5 Å². The predicted molar refractivity (Wildman–Crippen MR) is 61.6 cm³/mol. The van der Waals surface area contributed by atoms with Gasteiger partial charge in [-0.15, -0.1) is 11.8 Å². The minimum atomic E-state index is 1.02. The molecule has 0 amide bonds. The summed E-state index contributed by atoms with van der Waals surface area (Å²) in [5.74, 6) is 1.10. The summed E-state index contributed by atoms with van der Waals surface area (Å²) in [4.78, 5) is 2.32. The Balaban J connectivity index is 2.09. The zero-order valence-corrected chi connectivity index (χ0v) is 8.63. The van der Waals surface area contributed by atoms with E-state index in [1.165, 1.54) is 16.2 Å². The van der Waals surface area contributed by atoms with E-state index in [0.29, 0.717) is 0 Å². The summed E-state index contributed by atoms with van der Waals surface area (Å²) in [5.41, 5.74) is 2.80. The molecule has 2 heterocycles. The monoisotopic (exact) mass is 201 g/mol. The maximum absolute atomic E-state index is 2.32. The van der Waals surface area contributed by atoms with Crippen LogP contribution in [-0.2, 0) is 6.54 Å². The number of fused-ring (bicyclic) bond motifs is 2. The number of rotatable bonds is 0. The Morgan fingerprint density at radius 2 is 2.14 bits per heavy atom. The largest absolute Gasteiger partial charge is 0.339 e. The molecule has 0 saturated heterocycles. The molecule has 14 heavy (non-hydrogen) atoms. The van der Waals surface area contributed by atoms with E-state index in [2.05, 4.69) is 47.5 Å². The van der Waals surface area contributed by atoms with E-state index in [9.17, 15) is 0 Å². The summed E-state index contributed by atoms with van der Waals surface area (Å²) in [6, 6.07) is 8.61. The third-order valence-corrected chi connectivity index (χ3v) is 3.58. The zero-order chi connectivity index (χ0) is 9.38. The lowest BCUT2D eigenvalue weighted by Crippen LogP contribution is -2.20. The number of hydrogen-bond acceptors (Lipinski definition) is 2. The molecule has 1 aromatic carbocycles. The van der Waals surface area contributed by atoms with Crippen molar-refractivity contribution in [2.45, 2.75) is 6.54 Å². The normalized spacial score (nSPS) is 18.6. The van der Waals surface area contributed by atoms with Gasteiger partial charge in [0.15, 0.2) is 0 Å². The SMILES string of the molecule is C1=CN2Cc3ccccc3C=C2SC1. The maximum atomic E-state index is 2.32. The molecule has 3 rings (SSSR count). The Kier molecular flexibility index (Phi) is 1.88. The van der Waals surface area contributed by atoms with Crippen molar-refractivity contribution in [2.24, 2.45) is 0 Å². The first-order chi connectivity index (χ1) is 6.93. The smallest absolute Gasteiger partial charge is 0.0759 e. The molecule has 0 aliphatic carbocycles. The van der Waals surface area contributed by atoms with Crippen LogP contribution >= 0.6 is 11.8 Å². The Morgan fingerprint density at radius 1 is 1.21 bits per heavy atom. The summed E-state index contributed by atoms with van der Waals surface area (Å²) in [5, 5.41) is 1.38. The van der Waals surface area contributed by atoms with E-state index < -0.39 is 0 Å². The van der Waals surface area contributed by atoms with Crippen molar-refractivity contribution in [3.63, 3.8) is 0 Å². The van der Waals surface area contributed by atoms with Gasteiger partial charge in [0.05, 0.1) is 5.03 Å². The molecule has 2 heteroatoms. The molecule has 0 aromatic heterocycles. The molecule has 70 valence electrons. The number of benzene rings is 1. The van der Waals surface area contributed by atoms with Crippen LogP contribution in [0.2, 0.25) is 0 Å². The molecule has 0 fully saturated rings. The fraction of sp³-hybridized carbons (Fsp3) is 0.167. The van der Waals surface area contributed by atoms with E-state index in [4.69, 9.17) is 0 Å². The van der Waals surface area contributed by atoms with Crippen LogP contribution in [0.3, 0.4) is 0 Å². The molecule has 0 bridgehead atoms. The molecular weight excluding hydrogens is 190 g/mol. The second-order valence-corrected chi connectivity index (χ2v) is 4.55. The van der Waals surface area contributed by atoms with Crippen LogP contribution in [0.5, 0.6) is 0 Å². The van der Waals surface area contributed by atoms with Crippen LogP contribution in [0.25, 0.3) is 6.08 Å². The van der Waals surface area contributed by atoms with Crippen molar-refractivity contribution in [3.05, 3.63) is 52.7 Å². The molecule has 2 aliphatic heterocycles. The third-order valence-electron chi connectivity index (χ3n) is 2.57. The summed E-state index contributed by atoms with van der Waals surface area (Å²) >= 11 is 1.91. The Hall–Kier alpha value is -1.15. The highest BCUT2D eigenvalue weighted by atomic mass is 32.2. The van der Waals surface area contributed by atoms with Crippen molar-refractivity contribution in [1.82, 2.24) is 4.90 Å². The van der Waals surface area contributed by atoms with E-state index in [0.717, 1.165) is 12.3 Å². The standard InChI is InChI=1S/C12H11NS/c1-2-5-11-9-13-6-3-7-14-12(13)8-10(11)4-1/h1-6,8H,7,9H2. The number of hydrogen-bond donors (Lipinski definition) is 0. The van der Waals surface area contributed by atoms with Crippen molar-refractivity contribution in [2.75, 3.05) is 5.75 Å². The Labute approximate surface area is 88.1 Å². The topological polar surface area (TPSA) is 3.24 Å². The van der Waals surface area contributed by atoms with Gasteiger partial charge in [0.1, 0.15) is 0 Å². The van der Waals surface area contributed by atoms with Crippen LogP contribution in [0.15, 0.2) is 41.6 Å². The van der Waals surface area contributed by atoms with Gasteiger partial charge < -0.3 is 4.90 Å². The average Bonchev–Trinajstić information content (AvgIpc) is 2.26. The van der Waals surface area contributed by atoms with Crippen LogP contribution in [0, 0.1) is 0 Å². The Bertz CT molecular complexity index is 420. The minimum absolute atomic E-state index is 1.02. The molecule has 1 nitrogen and oxygen atoms in total. The molecule has 0 atom stereocenters. The van der Waals surface area contributed by atoms with Crippen molar-refractivity contribution >= 4 is 17.8 Å². The van der Waals surface area contributed by atoms with Crippen LogP contribution in [0.1, 0.15) is 11.1 Å². The van der Waals surface area contributed by atoms with E-state index >= 15 is 0 Å². The summed E-state index contributed by atoms with van der Waals surface area (Å²) < 4.78 is 0. The summed E-state index contributed by atoms with van der Waals surface area (Å²) in [7, 11) is 0. The van der Waals surface area contributed by atoms with Gasteiger partial charge in [-0.1, -0.05) is 30.3 Å². The molecule has 0 N–H and O–H groups in total. The minimum Gasteiger partial charge on any atom is -0.339 e. The van der Waals surface area contributed by atoms with E-state index in [1.54, 1.807) is 0 Å². The van der Waals surface area contributed by atoms with Crippen LogP contribution in [-0.4, -0.2) is 10.7 Å². The van der Waals surface area contributed by atoms with Gasteiger partial charge in [0.2, 0.25) is 0 Å². The highest BCUT2D eigenvalue weighted by Crippen LogP contribution is 2.33. The highest BCUT2D eigenvalue weighted by Gasteiger charge is 2.17. The van der Waals surface area contributed by atoms with E-state index in [-0.39, 0.29) is 0 Å². The fourth-order valence-electron chi connectivity index (χ4n) is 1.85. The van der Waals surface area contributed by atoms with Crippen LogP contribution < -0.4 is 0 Å². The molecule has 0 spiro atoms. The van der Waals surface area contributed by atoms with Crippen molar-refractivity contribution in [1.29, 1.82) is 0 Å². The molecule has 0 unspecified atom stereocenters. The Morgan fingerprint density at radius 3 is 3.14 bits per heavy atom. The van der Waals surface area contributed by atoms with E-state index in [1.807, 2.05) is 11.8 Å². The second kappa shape index (κ2) is 3.21. The first kappa shape index (κ1) is 8.18. The summed E-state index contributed by atoms with van der Waals surface area (Å²) in [6.07, 6.45) is 6.70. The van der Waals surface area contributed by atoms with Gasteiger partial charge in [-0.3, -0.25) is 0 Å². The quantitative estimate of drug-likeness (QED) is 0.634. The maximum Gasteiger partial charge on any atom is 0.0759 e. The average molecular weight is 201 g/mol. The first-order valence-corrected chi connectivity index (χ1v) is 5.78. The lowest BCUT2D eigenvalue weighted by molar-refractivity contribution is 0.483. The van der Waals surface area contributed by atoms with Crippen molar-refractivity contribution < 1.29 is 0 Å². The lowest BCUT2D eigenvalue weighted by Gasteiger charge is -2.30. The van der Waals surface area contributed by atoms with Crippen molar-refractivity contribution in [3.8, 4) is 0 Å². The molecule has 0 saturated carbocycles. The van der Waals surface area contributed by atoms with Crippen LogP contribution in [0.4, 0.5) is 0 Å². The number of nitrogens with zero attached hydrogens (tertiary/aromatic N) is 1. The van der Waals surface area contributed by atoms with Gasteiger partial charge in [0.25, 0.3) is 0 Å².